The van der Waals surface area contributed by atoms with E-state index in [0.29, 0.717) is 10.7 Å². The van der Waals surface area contributed by atoms with Crippen molar-refractivity contribution in [3.63, 3.8) is 0 Å². The summed E-state index contributed by atoms with van der Waals surface area (Å²) in [5.41, 5.74) is 1.54. The first kappa shape index (κ1) is 17.6. The lowest BCUT2D eigenvalue weighted by molar-refractivity contribution is -0.120. The van der Waals surface area contributed by atoms with Crippen LogP contribution in [0.5, 0.6) is 0 Å². The van der Waals surface area contributed by atoms with E-state index in [1.54, 1.807) is 12.3 Å². The molecule has 1 aromatic heterocycles. The molecule has 1 aromatic carbocycles. The van der Waals surface area contributed by atoms with Crippen molar-refractivity contribution in [2.75, 3.05) is 0 Å². The molecule has 0 atom stereocenters. The van der Waals surface area contributed by atoms with Gasteiger partial charge in [-0.1, -0.05) is 17.7 Å². The fourth-order valence-electron chi connectivity index (χ4n) is 2.04. The number of pyridine rings is 1. The minimum Gasteiger partial charge on any atom is -0.298 e. The molecule has 2 rings (SSSR count). The van der Waals surface area contributed by atoms with Crippen LogP contribution in [0.4, 0.5) is 0 Å². The van der Waals surface area contributed by atoms with Crippen molar-refractivity contribution in [1.82, 2.24) is 4.98 Å². The lowest BCUT2D eigenvalue weighted by Crippen LogP contribution is -2.41. The van der Waals surface area contributed by atoms with Crippen molar-refractivity contribution >= 4 is 27.2 Å². The number of rotatable bonds is 5. The highest BCUT2D eigenvalue weighted by atomic mass is 35.5. The molecule has 0 fully saturated rings. The highest BCUT2D eigenvalue weighted by molar-refractivity contribution is 7.93. The molecule has 0 saturated heterocycles. The molecule has 0 spiro atoms. The molecule has 0 bridgehead atoms. The Hall–Kier alpha value is -1.72. The van der Waals surface area contributed by atoms with Crippen molar-refractivity contribution in [2.24, 2.45) is 0 Å². The molecule has 0 aliphatic heterocycles. The molecule has 0 amide bonds. The first-order valence-corrected chi connectivity index (χ1v) is 8.96. The fraction of sp³-hybridized carbons (Fsp3) is 0.294. The van der Waals surface area contributed by atoms with E-state index in [4.69, 9.17) is 11.6 Å². The molecule has 0 aliphatic rings. The number of halogens is 1. The molecule has 4 nitrogen and oxygen atoms in total. The lowest BCUT2D eigenvalue weighted by atomic mass is 10.0. The predicted molar refractivity (Wildman–Crippen MR) is 90.4 cm³/mol. The van der Waals surface area contributed by atoms with E-state index < -0.39 is 20.4 Å². The van der Waals surface area contributed by atoms with E-state index in [9.17, 15) is 13.2 Å². The minimum absolute atomic E-state index is 0.0277. The summed E-state index contributed by atoms with van der Waals surface area (Å²) in [6.07, 6.45) is 1.63. The molecule has 6 heteroatoms. The van der Waals surface area contributed by atoms with Gasteiger partial charge in [0.25, 0.3) is 0 Å². The fourth-order valence-corrected chi connectivity index (χ4v) is 3.62. The van der Waals surface area contributed by atoms with Crippen LogP contribution >= 0.6 is 11.6 Å². The Morgan fingerprint density at radius 3 is 2.26 bits per heavy atom. The van der Waals surface area contributed by atoms with Gasteiger partial charge >= 0.3 is 0 Å². The highest BCUT2D eigenvalue weighted by Gasteiger charge is 2.42. The topological polar surface area (TPSA) is 64.1 Å². The number of aromatic nitrogens is 1. The SMILES string of the molecule is Cc1ccc(CC(=O)C(C)(C)S(=O)(=O)c2ccc(Cl)cc2)nc1. The molecule has 122 valence electrons. The first-order chi connectivity index (χ1) is 10.6. The predicted octanol–water partition coefficient (Wildman–Crippen LogP) is 3.41. The smallest absolute Gasteiger partial charge is 0.190 e. The summed E-state index contributed by atoms with van der Waals surface area (Å²) in [5.74, 6) is -0.399. The van der Waals surface area contributed by atoms with Crippen LogP contribution in [0, 0.1) is 6.92 Å². The van der Waals surface area contributed by atoms with Crippen molar-refractivity contribution in [3.8, 4) is 0 Å². The van der Waals surface area contributed by atoms with E-state index in [-0.39, 0.29) is 11.3 Å². The summed E-state index contributed by atoms with van der Waals surface area (Å²) in [4.78, 5) is 16.8. The number of carbonyl (C=O) groups excluding carboxylic acids is 1. The van der Waals surface area contributed by atoms with Gasteiger partial charge < -0.3 is 0 Å². The number of hydrogen-bond donors (Lipinski definition) is 0. The maximum absolute atomic E-state index is 12.8. The molecule has 0 aliphatic carbocycles. The summed E-state index contributed by atoms with van der Waals surface area (Å²) < 4.78 is 24.0. The minimum atomic E-state index is -3.82. The van der Waals surface area contributed by atoms with Crippen LogP contribution in [-0.2, 0) is 21.1 Å². The van der Waals surface area contributed by atoms with Crippen molar-refractivity contribution in [2.45, 2.75) is 36.8 Å². The molecular weight excluding hydrogens is 334 g/mol. The van der Waals surface area contributed by atoms with E-state index in [0.717, 1.165) is 5.56 Å². The third-order valence-electron chi connectivity index (χ3n) is 3.78. The molecule has 0 radical (unpaired) electrons. The van der Waals surface area contributed by atoms with E-state index in [1.165, 1.54) is 38.1 Å². The third-order valence-corrected chi connectivity index (χ3v) is 6.50. The van der Waals surface area contributed by atoms with Gasteiger partial charge in [0.1, 0.15) is 4.75 Å². The first-order valence-electron chi connectivity index (χ1n) is 7.09. The zero-order chi connectivity index (χ0) is 17.3. The van der Waals surface area contributed by atoms with Gasteiger partial charge in [0.05, 0.1) is 11.3 Å². The van der Waals surface area contributed by atoms with Crippen LogP contribution in [0.25, 0.3) is 0 Å². The molecule has 1 heterocycles. The van der Waals surface area contributed by atoms with Gasteiger partial charge in [-0.15, -0.1) is 0 Å². The number of sulfone groups is 1. The Labute approximate surface area is 141 Å². The van der Waals surface area contributed by atoms with Crippen LogP contribution < -0.4 is 0 Å². The van der Waals surface area contributed by atoms with Gasteiger partial charge in [-0.05, 0) is 56.7 Å². The van der Waals surface area contributed by atoms with E-state index in [1.807, 2.05) is 13.0 Å². The summed E-state index contributed by atoms with van der Waals surface area (Å²) in [6.45, 7) is 4.74. The van der Waals surface area contributed by atoms with Gasteiger partial charge in [-0.3, -0.25) is 9.78 Å². The summed E-state index contributed by atoms with van der Waals surface area (Å²) in [7, 11) is -3.82. The van der Waals surface area contributed by atoms with Crippen LogP contribution in [0.2, 0.25) is 5.02 Å². The van der Waals surface area contributed by atoms with Gasteiger partial charge in [0.2, 0.25) is 0 Å². The Morgan fingerprint density at radius 2 is 1.74 bits per heavy atom. The van der Waals surface area contributed by atoms with Crippen LogP contribution in [0.3, 0.4) is 0 Å². The van der Waals surface area contributed by atoms with Crippen LogP contribution in [0.15, 0.2) is 47.5 Å². The van der Waals surface area contributed by atoms with Crippen LogP contribution in [0.1, 0.15) is 25.1 Å². The Balaban J connectivity index is 2.30. The molecular formula is C17H18ClNO3S. The van der Waals surface area contributed by atoms with Gasteiger partial charge in [-0.2, -0.15) is 0 Å². The maximum atomic E-state index is 12.8. The van der Waals surface area contributed by atoms with Gasteiger partial charge in [-0.25, -0.2) is 8.42 Å². The Kier molecular flexibility index (Phi) is 4.92. The molecule has 0 unspecified atom stereocenters. The van der Waals surface area contributed by atoms with E-state index in [2.05, 4.69) is 4.98 Å². The molecule has 2 aromatic rings. The second-order valence-electron chi connectivity index (χ2n) is 5.89. The number of ketones is 1. The largest absolute Gasteiger partial charge is 0.298 e. The molecule has 23 heavy (non-hydrogen) atoms. The number of carbonyl (C=O) groups is 1. The number of Topliss-reactive ketones (excluding diaryl/α,β-unsaturated/α-hetero) is 1. The summed E-state index contributed by atoms with van der Waals surface area (Å²) in [5, 5.41) is 0.442. The highest BCUT2D eigenvalue weighted by Crippen LogP contribution is 2.28. The van der Waals surface area contributed by atoms with E-state index >= 15 is 0 Å². The Morgan fingerprint density at radius 1 is 1.13 bits per heavy atom. The van der Waals surface area contributed by atoms with Crippen molar-refractivity contribution in [3.05, 3.63) is 58.9 Å². The summed E-state index contributed by atoms with van der Waals surface area (Å²) >= 11 is 5.79. The third kappa shape index (κ3) is 3.62. The zero-order valence-electron chi connectivity index (χ0n) is 13.2. The number of hydrogen-bond acceptors (Lipinski definition) is 4. The number of nitrogens with zero attached hydrogens (tertiary/aromatic N) is 1. The van der Waals surface area contributed by atoms with Crippen molar-refractivity contribution < 1.29 is 13.2 Å². The second-order valence-corrected chi connectivity index (χ2v) is 8.83. The molecule has 0 saturated carbocycles. The van der Waals surface area contributed by atoms with Crippen molar-refractivity contribution in [1.29, 1.82) is 0 Å². The quantitative estimate of drug-likeness (QED) is 0.828. The monoisotopic (exact) mass is 351 g/mol. The average Bonchev–Trinajstić information content (AvgIpc) is 2.49. The lowest BCUT2D eigenvalue weighted by Gasteiger charge is -2.23. The number of benzene rings is 1. The van der Waals surface area contributed by atoms with Gasteiger partial charge in [0, 0.05) is 16.9 Å². The molecule has 0 N–H and O–H groups in total. The normalized spacial score (nSPS) is 12.2. The van der Waals surface area contributed by atoms with Crippen LogP contribution in [-0.4, -0.2) is 23.9 Å². The van der Waals surface area contributed by atoms with Gasteiger partial charge in [0.15, 0.2) is 15.6 Å². The number of aryl methyl sites for hydroxylation is 1. The standard InChI is InChI=1S/C17H18ClNO3S/c1-12-4-7-14(19-11-12)10-16(20)17(2,3)23(21,22)15-8-5-13(18)6-9-15/h4-9,11H,10H2,1-3H3. The second kappa shape index (κ2) is 6.42. The average molecular weight is 352 g/mol. The Bertz CT molecular complexity index is 810. The zero-order valence-corrected chi connectivity index (χ0v) is 14.8. The summed E-state index contributed by atoms with van der Waals surface area (Å²) in [6, 6.07) is 9.40. The maximum Gasteiger partial charge on any atom is 0.190 e.